The summed E-state index contributed by atoms with van der Waals surface area (Å²) in [5.41, 5.74) is 0. The van der Waals surface area contributed by atoms with Gasteiger partial charge in [0.15, 0.2) is 0 Å². The Balaban J connectivity index is 3.42. The maximum atomic E-state index is 12.5. The first-order valence-electron chi connectivity index (χ1n) is 38.3. The number of aliphatic hydroxyl groups excluding tert-OH is 2. The number of rotatable bonds is 72. The van der Waals surface area contributed by atoms with E-state index in [1.54, 1.807) is 6.08 Å². The number of carbonyl (C=O) groups is 2. The summed E-state index contributed by atoms with van der Waals surface area (Å²) in [5.74, 6) is -0.0580. The third-order valence-electron chi connectivity index (χ3n) is 17.9. The summed E-state index contributed by atoms with van der Waals surface area (Å²) in [4.78, 5) is 24.7. The number of carbonyl (C=O) groups excluding carboxylic acids is 2. The van der Waals surface area contributed by atoms with Gasteiger partial charge in [0.1, 0.15) is 0 Å². The molecule has 0 saturated heterocycles. The van der Waals surface area contributed by atoms with Crippen molar-refractivity contribution in [3.63, 3.8) is 0 Å². The van der Waals surface area contributed by atoms with Crippen molar-refractivity contribution in [2.24, 2.45) is 0 Å². The average Bonchev–Trinajstić information content (AvgIpc) is 3.51. The molecule has 0 aliphatic heterocycles. The first-order valence-corrected chi connectivity index (χ1v) is 38.3. The molecule has 0 bridgehead atoms. The highest BCUT2D eigenvalue weighted by molar-refractivity contribution is 5.76. The monoisotopic (exact) mass is 1180 g/mol. The Bertz CT molecular complexity index is 1360. The molecular formula is C78H149NO5. The van der Waals surface area contributed by atoms with E-state index >= 15 is 0 Å². The quantitative estimate of drug-likeness (QED) is 0.0320. The maximum absolute atomic E-state index is 12.5. The summed E-state index contributed by atoms with van der Waals surface area (Å²) in [6.45, 7) is 4.94. The van der Waals surface area contributed by atoms with Gasteiger partial charge in [0, 0.05) is 12.8 Å². The highest BCUT2D eigenvalue weighted by atomic mass is 16.5. The normalized spacial score (nSPS) is 12.7. The van der Waals surface area contributed by atoms with E-state index in [4.69, 9.17) is 4.74 Å². The Labute approximate surface area is 525 Å². The Morgan fingerprint density at radius 3 is 0.845 bits per heavy atom. The number of nitrogens with one attached hydrogen (secondary N) is 1. The third-order valence-corrected chi connectivity index (χ3v) is 17.9. The van der Waals surface area contributed by atoms with Gasteiger partial charge in [-0.2, -0.15) is 0 Å². The van der Waals surface area contributed by atoms with Crippen molar-refractivity contribution < 1.29 is 24.5 Å². The summed E-state index contributed by atoms with van der Waals surface area (Å²) >= 11 is 0. The molecule has 0 fully saturated rings. The molecule has 0 saturated carbocycles. The molecule has 0 aliphatic rings. The zero-order chi connectivity index (χ0) is 60.6. The highest BCUT2D eigenvalue weighted by Crippen LogP contribution is 2.19. The van der Waals surface area contributed by atoms with E-state index in [0.29, 0.717) is 19.4 Å². The largest absolute Gasteiger partial charge is 0.466 e. The minimum atomic E-state index is -0.850. The number of hydrogen-bond donors (Lipinski definition) is 3. The minimum absolute atomic E-state index is 0.0100. The van der Waals surface area contributed by atoms with Crippen molar-refractivity contribution in [3.8, 4) is 0 Å². The second-order valence-electron chi connectivity index (χ2n) is 26.3. The van der Waals surface area contributed by atoms with E-state index in [-0.39, 0.29) is 18.5 Å². The van der Waals surface area contributed by atoms with Crippen molar-refractivity contribution in [1.29, 1.82) is 0 Å². The van der Waals surface area contributed by atoms with Crippen molar-refractivity contribution >= 4 is 11.9 Å². The predicted molar refractivity (Wildman–Crippen MR) is 370 cm³/mol. The number of hydrogen-bond acceptors (Lipinski definition) is 5. The van der Waals surface area contributed by atoms with Crippen LogP contribution in [-0.4, -0.2) is 47.4 Å². The first kappa shape index (κ1) is 82.1. The number of esters is 1. The molecule has 0 aliphatic carbocycles. The summed E-state index contributed by atoms with van der Waals surface area (Å²) in [6, 6.07) is -0.633. The van der Waals surface area contributed by atoms with Crippen LogP contribution in [0.15, 0.2) is 36.5 Å². The van der Waals surface area contributed by atoms with Crippen LogP contribution in [0.25, 0.3) is 0 Å². The lowest BCUT2D eigenvalue weighted by Gasteiger charge is -2.20. The molecule has 0 spiro atoms. The molecule has 0 radical (unpaired) electrons. The molecule has 84 heavy (non-hydrogen) atoms. The average molecular weight is 1180 g/mol. The summed E-state index contributed by atoms with van der Waals surface area (Å²) < 4.78 is 5.51. The number of ether oxygens (including phenoxy) is 1. The molecule has 3 N–H and O–H groups in total. The molecule has 496 valence electrons. The molecule has 2 atom stereocenters. The summed E-state index contributed by atoms with van der Waals surface area (Å²) in [6.07, 6.45) is 95.3. The molecule has 0 rings (SSSR count). The number of aliphatic hydroxyl groups is 2. The fraction of sp³-hybridized carbons (Fsp3) is 0.897. The Morgan fingerprint density at radius 1 is 0.321 bits per heavy atom. The zero-order valence-corrected chi connectivity index (χ0v) is 56.9. The van der Waals surface area contributed by atoms with Crippen molar-refractivity contribution in [2.75, 3.05) is 13.2 Å². The lowest BCUT2D eigenvalue weighted by molar-refractivity contribution is -0.143. The number of amides is 1. The molecule has 0 aromatic carbocycles. The Kier molecular flexibility index (Phi) is 71.9. The van der Waals surface area contributed by atoms with Gasteiger partial charge in [-0.05, 0) is 83.5 Å². The van der Waals surface area contributed by atoms with Crippen LogP contribution < -0.4 is 5.32 Å². The zero-order valence-electron chi connectivity index (χ0n) is 56.9. The van der Waals surface area contributed by atoms with E-state index in [9.17, 15) is 19.8 Å². The van der Waals surface area contributed by atoms with Crippen molar-refractivity contribution in [2.45, 2.75) is 437 Å². The van der Waals surface area contributed by atoms with Gasteiger partial charge >= 0.3 is 5.97 Å². The SMILES string of the molecule is CCCCCCCCC/C=C\CCCCCCCCCC(=O)OCCCCCCCCCCCCCC/C=C\CCCCCCCCCCC(=O)NC(CO)C(O)/C=C/CCCCCCCCCCCCCCCCCCCCCCCCC. The van der Waals surface area contributed by atoms with Crippen molar-refractivity contribution in [3.05, 3.63) is 36.5 Å². The van der Waals surface area contributed by atoms with E-state index in [1.807, 2.05) is 6.08 Å². The molecule has 0 aromatic rings. The van der Waals surface area contributed by atoms with Gasteiger partial charge < -0.3 is 20.3 Å². The molecule has 0 aromatic heterocycles. The first-order chi connectivity index (χ1) is 41.5. The maximum Gasteiger partial charge on any atom is 0.305 e. The smallest absolute Gasteiger partial charge is 0.305 e. The lowest BCUT2D eigenvalue weighted by atomic mass is 10.0. The van der Waals surface area contributed by atoms with Crippen LogP contribution in [0.2, 0.25) is 0 Å². The number of allylic oxidation sites excluding steroid dienone is 5. The summed E-state index contributed by atoms with van der Waals surface area (Å²) in [5, 5.41) is 23.3. The van der Waals surface area contributed by atoms with Gasteiger partial charge in [0.05, 0.1) is 25.4 Å². The molecule has 6 heteroatoms. The molecule has 2 unspecified atom stereocenters. The van der Waals surface area contributed by atoms with Gasteiger partial charge in [-0.1, -0.05) is 365 Å². The Morgan fingerprint density at radius 2 is 0.560 bits per heavy atom. The van der Waals surface area contributed by atoms with Crippen LogP contribution in [-0.2, 0) is 14.3 Å². The molecule has 1 amide bonds. The predicted octanol–water partition coefficient (Wildman–Crippen LogP) is 25.0. The van der Waals surface area contributed by atoms with E-state index in [1.165, 1.54) is 353 Å². The van der Waals surface area contributed by atoms with Crippen LogP contribution in [0.5, 0.6) is 0 Å². The molecule has 0 heterocycles. The van der Waals surface area contributed by atoms with Crippen molar-refractivity contribution in [1.82, 2.24) is 5.32 Å². The second-order valence-corrected chi connectivity index (χ2v) is 26.3. The van der Waals surface area contributed by atoms with Gasteiger partial charge in [-0.25, -0.2) is 0 Å². The second kappa shape index (κ2) is 73.5. The highest BCUT2D eigenvalue weighted by Gasteiger charge is 2.18. The minimum Gasteiger partial charge on any atom is -0.466 e. The van der Waals surface area contributed by atoms with E-state index < -0.39 is 12.1 Å². The van der Waals surface area contributed by atoms with Crippen LogP contribution in [0, 0.1) is 0 Å². The van der Waals surface area contributed by atoms with Gasteiger partial charge in [0.2, 0.25) is 5.91 Å². The molecule has 6 nitrogen and oxygen atoms in total. The lowest BCUT2D eigenvalue weighted by Crippen LogP contribution is -2.45. The number of unbranched alkanes of at least 4 members (excludes halogenated alkanes) is 57. The van der Waals surface area contributed by atoms with Crippen LogP contribution in [0.3, 0.4) is 0 Å². The van der Waals surface area contributed by atoms with Gasteiger partial charge in [-0.3, -0.25) is 9.59 Å². The molecular weight excluding hydrogens is 1030 g/mol. The van der Waals surface area contributed by atoms with E-state index in [2.05, 4.69) is 43.5 Å². The fourth-order valence-electron chi connectivity index (χ4n) is 12.0. The Hall–Kier alpha value is -1.92. The van der Waals surface area contributed by atoms with Gasteiger partial charge in [-0.15, -0.1) is 0 Å². The van der Waals surface area contributed by atoms with Crippen LogP contribution in [0.1, 0.15) is 425 Å². The standard InChI is InChI=1S/C78H149NO5/c1-3-5-7-9-11-13-15-17-19-21-23-24-25-26-29-32-35-38-42-46-50-54-58-62-66-70-76(81)75(74-80)79-77(82)71-67-63-59-55-51-47-43-39-36-33-30-27-28-31-34-37-41-45-49-53-57-61-65-69-73-84-78(83)72-68-64-60-56-52-48-44-40-22-20-18-16-14-12-10-8-6-4-2/h20,22,30,33,66,70,75-76,80-81H,3-19,21,23-29,31-32,34-65,67-69,71-74H2,1-2H3,(H,79,82)/b22-20-,33-30-,70-66+. The topological polar surface area (TPSA) is 95.9 Å². The third kappa shape index (κ3) is 69.2. The summed E-state index contributed by atoms with van der Waals surface area (Å²) in [7, 11) is 0. The van der Waals surface area contributed by atoms with Crippen LogP contribution >= 0.6 is 0 Å². The fourth-order valence-corrected chi connectivity index (χ4v) is 12.0. The van der Waals surface area contributed by atoms with Gasteiger partial charge in [0.25, 0.3) is 0 Å². The van der Waals surface area contributed by atoms with Crippen LogP contribution in [0.4, 0.5) is 0 Å². The van der Waals surface area contributed by atoms with E-state index in [0.717, 1.165) is 44.9 Å².